The third-order valence-corrected chi connectivity index (χ3v) is 6.14. The van der Waals surface area contributed by atoms with Crippen molar-refractivity contribution in [2.45, 2.75) is 16.9 Å². The van der Waals surface area contributed by atoms with Crippen LogP contribution in [0.15, 0.2) is 60.0 Å². The number of rotatable bonds is 8. The SMILES string of the molecule is CCOC(=O)c1c(-c2ccccc2)csc1N[C@H](NC(=O)c1ccc([N+](=O)[O-])cc1)C(Cl)(Cl)Cl. The molecule has 3 aromatic rings. The Labute approximate surface area is 213 Å². The van der Waals surface area contributed by atoms with Crippen LogP contribution in [0.3, 0.4) is 0 Å². The van der Waals surface area contributed by atoms with Gasteiger partial charge in [-0.25, -0.2) is 4.79 Å². The molecule has 0 saturated heterocycles. The number of alkyl halides is 3. The molecule has 1 heterocycles. The molecule has 34 heavy (non-hydrogen) atoms. The second-order valence-corrected chi connectivity index (χ2v) is 10.1. The van der Waals surface area contributed by atoms with Crippen LogP contribution in [0, 0.1) is 10.1 Å². The van der Waals surface area contributed by atoms with E-state index in [1.165, 1.54) is 35.6 Å². The molecule has 2 aromatic carbocycles. The van der Waals surface area contributed by atoms with Crippen molar-refractivity contribution in [2.75, 3.05) is 11.9 Å². The van der Waals surface area contributed by atoms with Crippen molar-refractivity contribution >= 4 is 68.7 Å². The zero-order valence-corrected chi connectivity index (χ0v) is 20.7. The molecule has 0 saturated carbocycles. The van der Waals surface area contributed by atoms with E-state index in [9.17, 15) is 19.7 Å². The van der Waals surface area contributed by atoms with Crippen LogP contribution in [-0.4, -0.2) is 33.4 Å². The fourth-order valence-electron chi connectivity index (χ4n) is 2.98. The van der Waals surface area contributed by atoms with Gasteiger partial charge in [0.2, 0.25) is 3.79 Å². The van der Waals surface area contributed by atoms with Crippen LogP contribution in [-0.2, 0) is 4.74 Å². The molecule has 1 atom stereocenters. The summed E-state index contributed by atoms with van der Waals surface area (Å²) >= 11 is 19.5. The van der Waals surface area contributed by atoms with Crippen LogP contribution >= 0.6 is 46.1 Å². The van der Waals surface area contributed by atoms with Gasteiger partial charge in [-0.3, -0.25) is 14.9 Å². The smallest absolute Gasteiger partial charge is 0.341 e. The number of halogens is 3. The number of thiophene rings is 1. The number of nitrogens with one attached hydrogen (secondary N) is 2. The number of hydrogen-bond donors (Lipinski definition) is 2. The Bertz CT molecular complexity index is 1180. The molecule has 0 aliphatic heterocycles. The van der Waals surface area contributed by atoms with Crippen molar-refractivity contribution in [3.63, 3.8) is 0 Å². The number of nitro groups is 1. The minimum Gasteiger partial charge on any atom is -0.462 e. The molecule has 3 rings (SSSR count). The molecular formula is C22H18Cl3N3O5S. The molecule has 0 bridgehead atoms. The molecule has 0 fully saturated rings. The second kappa shape index (κ2) is 11.1. The molecule has 178 valence electrons. The lowest BCUT2D eigenvalue weighted by molar-refractivity contribution is -0.384. The number of carbonyl (C=O) groups is 2. The van der Waals surface area contributed by atoms with E-state index in [0.717, 1.165) is 5.56 Å². The van der Waals surface area contributed by atoms with E-state index in [2.05, 4.69) is 10.6 Å². The highest BCUT2D eigenvalue weighted by Crippen LogP contribution is 2.39. The molecule has 0 radical (unpaired) electrons. The molecule has 0 unspecified atom stereocenters. The summed E-state index contributed by atoms with van der Waals surface area (Å²) in [6.07, 6.45) is -1.25. The minimum absolute atomic E-state index is 0.119. The van der Waals surface area contributed by atoms with Crippen LogP contribution < -0.4 is 10.6 Å². The summed E-state index contributed by atoms with van der Waals surface area (Å²) in [7, 11) is 0. The number of esters is 1. The first-order valence-corrected chi connectivity index (χ1v) is 11.9. The largest absolute Gasteiger partial charge is 0.462 e. The quantitative estimate of drug-likeness (QED) is 0.118. The van der Waals surface area contributed by atoms with E-state index in [1.54, 1.807) is 12.3 Å². The fourth-order valence-corrected chi connectivity index (χ4v) is 4.29. The van der Waals surface area contributed by atoms with Crippen LogP contribution in [0.5, 0.6) is 0 Å². The molecule has 12 heteroatoms. The van der Waals surface area contributed by atoms with Crippen LogP contribution in [0.4, 0.5) is 10.7 Å². The maximum Gasteiger partial charge on any atom is 0.341 e. The predicted molar refractivity (Wildman–Crippen MR) is 134 cm³/mol. The number of nitrogens with zero attached hydrogens (tertiary/aromatic N) is 1. The van der Waals surface area contributed by atoms with E-state index >= 15 is 0 Å². The highest BCUT2D eigenvalue weighted by atomic mass is 35.6. The van der Waals surface area contributed by atoms with Gasteiger partial charge in [-0.15, -0.1) is 11.3 Å². The molecule has 2 N–H and O–H groups in total. The van der Waals surface area contributed by atoms with Gasteiger partial charge < -0.3 is 15.4 Å². The summed E-state index contributed by atoms with van der Waals surface area (Å²) in [4.78, 5) is 35.8. The van der Waals surface area contributed by atoms with Gasteiger partial charge in [0.15, 0.2) is 0 Å². The summed E-state index contributed by atoms with van der Waals surface area (Å²) in [5.74, 6) is -1.22. The number of benzene rings is 2. The van der Waals surface area contributed by atoms with E-state index < -0.39 is 26.8 Å². The number of amides is 1. The summed E-state index contributed by atoms with van der Waals surface area (Å²) in [6.45, 7) is 1.85. The number of nitro benzene ring substituents is 1. The predicted octanol–water partition coefficient (Wildman–Crippen LogP) is 6.04. The summed E-state index contributed by atoms with van der Waals surface area (Å²) in [5.41, 5.74) is 1.60. The first kappa shape index (κ1) is 25.8. The van der Waals surface area contributed by atoms with Crippen molar-refractivity contribution in [1.82, 2.24) is 5.32 Å². The van der Waals surface area contributed by atoms with Crippen LogP contribution in [0.2, 0.25) is 0 Å². The Morgan fingerprint density at radius 2 is 1.76 bits per heavy atom. The van der Waals surface area contributed by atoms with Gasteiger partial charge >= 0.3 is 5.97 Å². The topological polar surface area (TPSA) is 111 Å². The van der Waals surface area contributed by atoms with Gasteiger partial charge in [0, 0.05) is 28.6 Å². The number of non-ortho nitro benzene ring substituents is 1. The highest BCUT2D eigenvalue weighted by Gasteiger charge is 2.36. The normalized spacial score (nSPS) is 12.0. The first-order chi connectivity index (χ1) is 16.1. The van der Waals surface area contributed by atoms with Crippen LogP contribution in [0.25, 0.3) is 11.1 Å². The van der Waals surface area contributed by atoms with Gasteiger partial charge in [-0.05, 0) is 24.6 Å². The van der Waals surface area contributed by atoms with Crippen molar-refractivity contribution in [2.24, 2.45) is 0 Å². The lowest BCUT2D eigenvalue weighted by Gasteiger charge is -2.27. The first-order valence-electron chi connectivity index (χ1n) is 9.84. The number of carbonyl (C=O) groups excluding carboxylic acids is 2. The van der Waals surface area contributed by atoms with Gasteiger partial charge in [0.05, 0.1) is 11.5 Å². The lowest BCUT2D eigenvalue weighted by Crippen LogP contribution is -2.49. The van der Waals surface area contributed by atoms with Crippen molar-refractivity contribution in [3.05, 3.63) is 81.2 Å². The van der Waals surface area contributed by atoms with Crippen LogP contribution in [0.1, 0.15) is 27.6 Å². The summed E-state index contributed by atoms with van der Waals surface area (Å²) in [6, 6.07) is 14.2. The maximum absolute atomic E-state index is 12.8. The highest BCUT2D eigenvalue weighted by molar-refractivity contribution is 7.15. The summed E-state index contributed by atoms with van der Waals surface area (Å²) < 4.78 is 3.21. The average Bonchev–Trinajstić information content (AvgIpc) is 3.22. The van der Waals surface area contributed by atoms with Gasteiger partial charge in [0.1, 0.15) is 16.7 Å². The van der Waals surface area contributed by atoms with Gasteiger partial charge in [-0.2, -0.15) is 0 Å². The van der Waals surface area contributed by atoms with E-state index in [4.69, 9.17) is 39.5 Å². The number of anilines is 1. The zero-order valence-electron chi connectivity index (χ0n) is 17.6. The molecule has 0 aliphatic carbocycles. The van der Waals surface area contributed by atoms with E-state index in [1.807, 2.05) is 30.3 Å². The number of hydrogen-bond acceptors (Lipinski definition) is 7. The Hall–Kier alpha value is -2.85. The average molecular weight is 543 g/mol. The standard InChI is InChI=1S/C22H18Cl3N3O5S/c1-2-33-20(30)17-16(13-6-4-3-5-7-13)12-34-19(17)27-21(22(23,24)25)26-18(29)14-8-10-15(11-9-14)28(31)32/h3-12,21,27H,2H2,1H3,(H,26,29)/t21-/m0/s1. The van der Waals surface area contributed by atoms with E-state index in [-0.39, 0.29) is 23.4 Å². The fraction of sp³-hybridized carbons (Fsp3) is 0.182. The number of ether oxygens (including phenoxy) is 1. The Morgan fingerprint density at radius 1 is 1.12 bits per heavy atom. The maximum atomic E-state index is 12.8. The lowest BCUT2D eigenvalue weighted by atomic mass is 10.0. The van der Waals surface area contributed by atoms with Gasteiger partial charge in [0.25, 0.3) is 11.6 Å². The Balaban J connectivity index is 1.92. The molecule has 1 amide bonds. The second-order valence-electron chi connectivity index (χ2n) is 6.84. The molecule has 1 aromatic heterocycles. The zero-order chi connectivity index (χ0) is 24.9. The van der Waals surface area contributed by atoms with Crippen molar-refractivity contribution in [1.29, 1.82) is 0 Å². The van der Waals surface area contributed by atoms with Crippen molar-refractivity contribution < 1.29 is 19.2 Å². The van der Waals surface area contributed by atoms with E-state index in [0.29, 0.717) is 10.6 Å². The molecule has 0 aliphatic rings. The monoisotopic (exact) mass is 541 g/mol. The van der Waals surface area contributed by atoms with Gasteiger partial charge in [-0.1, -0.05) is 65.1 Å². The Kier molecular flexibility index (Phi) is 8.37. The third-order valence-electron chi connectivity index (χ3n) is 4.57. The molecule has 8 nitrogen and oxygen atoms in total. The summed E-state index contributed by atoms with van der Waals surface area (Å²) in [5, 5.41) is 18.4. The molecular weight excluding hydrogens is 525 g/mol. The third kappa shape index (κ3) is 6.18. The minimum atomic E-state index is -2.01. The molecule has 0 spiro atoms. The van der Waals surface area contributed by atoms with Crippen molar-refractivity contribution in [3.8, 4) is 11.1 Å². The Morgan fingerprint density at radius 3 is 2.32 bits per heavy atom.